The van der Waals surface area contributed by atoms with Gasteiger partial charge >= 0.3 is 6.18 Å². The third-order valence-electron chi connectivity index (χ3n) is 5.98. The van der Waals surface area contributed by atoms with Crippen molar-refractivity contribution in [3.05, 3.63) is 35.4 Å². The molecule has 1 amide bonds. The first-order valence-electron chi connectivity index (χ1n) is 10.2. The average Bonchev–Trinajstić information content (AvgIpc) is 3.14. The first-order chi connectivity index (χ1) is 13.7. The standard InChI is InChI=1S/C21H28F3N3O2/c22-21(23,24)16-5-3-4-15(11-16)20(29)26-12-17(28)10-14-8-9-27(13-14)19-7-2-1-6-18(19)25/h3-5,11,14,18-19H,1-2,6-10,12-13,25H2,(H,26,29)/t14-,18+,19-/m0/s1. The lowest BCUT2D eigenvalue weighted by Gasteiger charge is -2.36. The molecule has 3 rings (SSSR count). The van der Waals surface area contributed by atoms with E-state index >= 15 is 0 Å². The largest absolute Gasteiger partial charge is 0.416 e. The van der Waals surface area contributed by atoms with Gasteiger partial charge in [-0.25, -0.2) is 0 Å². The van der Waals surface area contributed by atoms with E-state index in [9.17, 15) is 22.8 Å². The fourth-order valence-corrected chi connectivity index (χ4v) is 4.44. The number of nitrogens with two attached hydrogens (primary N) is 1. The minimum Gasteiger partial charge on any atom is -0.345 e. The molecule has 1 saturated heterocycles. The Morgan fingerprint density at radius 1 is 1.17 bits per heavy atom. The van der Waals surface area contributed by atoms with Crippen LogP contribution in [0.25, 0.3) is 0 Å². The van der Waals surface area contributed by atoms with Gasteiger partial charge in [-0.05, 0) is 49.9 Å². The van der Waals surface area contributed by atoms with E-state index in [2.05, 4.69) is 10.2 Å². The monoisotopic (exact) mass is 411 g/mol. The van der Waals surface area contributed by atoms with Crippen LogP contribution in [-0.4, -0.2) is 48.3 Å². The molecule has 0 spiro atoms. The minimum atomic E-state index is -4.51. The number of carbonyl (C=O) groups is 2. The summed E-state index contributed by atoms with van der Waals surface area (Å²) < 4.78 is 38.3. The van der Waals surface area contributed by atoms with Crippen LogP contribution in [0.5, 0.6) is 0 Å². The zero-order valence-corrected chi connectivity index (χ0v) is 16.4. The molecule has 8 heteroatoms. The van der Waals surface area contributed by atoms with Crippen molar-refractivity contribution in [1.82, 2.24) is 10.2 Å². The number of hydrogen-bond donors (Lipinski definition) is 2. The van der Waals surface area contributed by atoms with E-state index in [1.54, 1.807) is 0 Å². The van der Waals surface area contributed by atoms with E-state index in [4.69, 9.17) is 5.73 Å². The number of nitrogens with one attached hydrogen (secondary N) is 1. The minimum absolute atomic E-state index is 0.106. The molecule has 1 heterocycles. The van der Waals surface area contributed by atoms with E-state index in [-0.39, 0.29) is 29.9 Å². The molecule has 1 aliphatic heterocycles. The number of amides is 1. The van der Waals surface area contributed by atoms with E-state index < -0.39 is 17.6 Å². The highest BCUT2D eigenvalue weighted by atomic mass is 19.4. The molecule has 1 saturated carbocycles. The van der Waals surface area contributed by atoms with Crippen molar-refractivity contribution in [2.24, 2.45) is 11.7 Å². The predicted molar refractivity (Wildman–Crippen MR) is 103 cm³/mol. The van der Waals surface area contributed by atoms with Crippen molar-refractivity contribution < 1.29 is 22.8 Å². The highest BCUT2D eigenvalue weighted by Gasteiger charge is 2.34. The fourth-order valence-electron chi connectivity index (χ4n) is 4.44. The summed E-state index contributed by atoms with van der Waals surface area (Å²) in [7, 11) is 0. The van der Waals surface area contributed by atoms with Crippen LogP contribution in [0.1, 0.15) is 54.4 Å². The lowest BCUT2D eigenvalue weighted by Crippen LogP contribution is -2.48. The van der Waals surface area contributed by atoms with Gasteiger partial charge in [-0.1, -0.05) is 18.9 Å². The molecular weight excluding hydrogens is 383 g/mol. The first kappa shape index (κ1) is 21.8. The molecule has 160 valence electrons. The normalized spacial score (nSPS) is 25.7. The van der Waals surface area contributed by atoms with Gasteiger partial charge in [0, 0.05) is 30.6 Å². The van der Waals surface area contributed by atoms with Gasteiger partial charge in [-0.15, -0.1) is 0 Å². The Morgan fingerprint density at radius 2 is 1.93 bits per heavy atom. The molecule has 0 unspecified atom stereocenters. The summed E-state index contributed by atoms with van der Waals surface area (Å²) in [6, 6.07) is 4.78. The zero-order chi connectivity index (χ0) is 21.0. The summed E-state index contributed by atoms with van der Waals surface area (Å²) >= 11 is 0. The fraction of sp³-hybridized carbons (Fsp3) is 0.619. The zero-order valence-electron chi connectivity index (χ0n) is 16.4. The maximum Gasteiger partial charge on any atom is 0.416 e. The molecule has 0 radical (unpaired) electrons. The van der Waals surface area contributed by atoms with Gasteiger partial charge in [0.05, 0.1) is 12.1 Å². The van der Waals surface area contributed by atoms with E-state index in [1.165, 1.54) is 25.0 Å². The summed E-state index contributed by atoms with van der Waals surface area (Å²) in [6.45, 7) is 1.60. The third-order valence-corrected chi connectivity index (χ3v) is 5.98. The van der Waals surface area contributed by atoms with Crippen LogP contribution in [0.2, 0.25) is 0 Å². The molecule has 3 N–H and O–H groups in total. The number of likely N-dealkylation sites (tertiary alicyclic amines) is 1. The Morgan fingerprint density at radius 3 is 2.66 bits per heavy atom. The Balaban J connectivity index is 1.45. The number of hydrogen-bond acceptors (Lipinski definition) is 4. The quantitative estimate of drug-likeness (QED) is 0.755. The molecule has 1 aromatic carbocycles. The van der Waals surface area contributed by atoms with Gasteiger partial charge in [0.25, 0.3) is 5.91 Å². The van der Waals surface area contributed by atoms with Gasteiger partial charge in [0.15, 0.2) is 5.78 Å². The van der Waals surface area contributed by atoms with E-state index in [1.807, 2.05) is 0 Å². The number of rotatable bonds is 6. The Bertz CT molecular complexity index is 738. The van der Waals surface area contributed by atoms with Crippen LogP contribution in [0.3, 0.4) is 0 Å². The van der Waals surface area contributed by atoms with Crippen molar-refractivity contribution in [2.75, 3.05) is 19.6 Å². The molecule has 0 aromatic heterocycles. The summed E-state index contributed by atoms with van der Waals surface area (Å²) in [4.78, 5) is 26.8. The van der Waals surface area contributed by atoms with Crippen LogP contribution in [-0.2, 0) is 11.0 Å². The topological polar surface area (TPSA) is 75.4 Å². The van der Waals surface area contributed by atoms with E-state index in [0.29, 0.717) is 12.5 Å². The SMILES string of the molecule is N[C@@H]1CCCC[C@@H]1N1CC[C@@H](CC(=O)CNC(=O)c2cccc(C(F)(F)F)c2)C1. The van der Waals surface area contributed by atoms with Crippen molar-refractivity contribution in [3.63, 3.8) is 0 Å². The van der Waals surface area contributed by atoms with Crippen molar-refractivity contribution >= 4 is 11.7 Å². The second-order valence-electron chi connectivity index (χ2n) is 8.17. The molecule has 1 aromatic rings. The van der Waals surface area contributed by atoms with Gasteiger partial charge in [0.2, 0.25) is 0 Å². The number of halogens is 3. The van der Waals surface area contributed by atoms with Gasteiger partial charge in [0.1, 0.15) is 0 Å². The highest BCUT2D eigenvalue weighted by molar-refractivity contribution is 5.96. The van der Waals surface area contributed by atoms with Crippen LogP contribution in [0.15, 0.2) is 24.3 Å². The van der Waals surface area contributed by atoms with E-state index in [0.717, 1.165) is 44.5 Å². The molecule has 29 heavy (non-hydrogen) atoms. The molecule has 2 aliphatic rings. The number of ketones is 1. The maximum atomic E-state index is 12.8. The lowest BCUT2D eigenvalue weighted by molar-refractivity contribution is -0.137. The number of alkyl halides is 3. The van der Waals surface area contributed by atoms with Crippen molar-refractivity contribution in [2.45, 2.75) is 56.8 Å². The van der Waals surface area contributed by atoms with Gasteiger partial charge in [-0.2, -0.15) is 13.2 Å². The van der Waals surface area contributed by atoms with Crippen molar-refractivity contribution in [3.8, 4) is 0 Å². The molecule has 1 aliphatic carbocycles. The Labute approximate surface area is 168 Å². The molecule has 0 bridgehead atoms. The molecule has 2 fully saturated rings. The van der Waals surface area contributed by atoms with Gasteiger partial charge in [-0.3, -0.25) is 14.5 Å². The van der Waals surface area contributed by atoms with Crippen LogP contribution in [0, 0.1) is 5.92 Å². The highest BCUT2D eigenvalue weighted by Crippen LogP contribution is 2.30. The number of benzene rings is 1. The van der Waals surface area contributed by atoms with Crippen LogP contribution < -0.4 is 11.1 Å². The Kier molecular flexibility index (Phi) is 6.95. The van der Waals surface area contributed by atoms with Crippen molar-refractivity contribution in [1.29, 1.82) is 0 Å². The van der Waals surface area contributed by atoms with Crippen LogP contribution in [0.4, 0.5) is 13.2 Å². The molecular formula is C21H28F3N3O2. The lowest BCUT2D eigenvalue weighted by atomic mass is 9.90. The second kappa shape index (κ2) is 9.26. The average molecular weight is 411 g/mol. The summed E-state index contributed by atoms with van der Waals surface area (Å²) in [5.41, 5.74) is 5.26. The summed E-state index contributed by atoms with van der Waals surface area (Å²) in [5, 5.41) is 2.44. The predicted octanol–water partition coefficient (Wildman–Crippen LogP) is 2.99. The molecule has 3 atom stereocenters. The molecule has 5 nitrogen and oxygen atoms in total. The van der Waals surface area contributed by atoms with Gasteiger partial charge < -0.3 is 11.1 Å². The summed E-state index contributed by atoms with van der Waals surface area (Å²) in [5.74, 6) is -0.544. The number of Topliss-reactive ketones (excluding diaryl/α,β-unsaturated/α-hetero) is 1. The smallest absolute Gasteiger partial charge is 0.345 e. The first-order valence-corrected chi connectivity index (χ1v) is 10.2. The third kappa shape index (κ3) is 5.79. The number of carbonyl (C=O) groups excluding carboxylic acids is 2. The second-order valence-corrected chi connectivity index (χ2v) is 8.17. The summed E-state index contributed by atoms with van der Waals surface area (Å²) in [6.07, 6.45) is 1.30. The number of nitrogens with zero attached hydrogens (tertiary/aromatic N) is 1. The Hall–Kier alpha value is -1.93. The maximum absolute atomic E-state index is 12.8. The van der Waals surface area contributed by atoms with Crippen LogP contribution >= 0.6 is 0 Å².